The van der Waals surface area contributed by atoms with Gasteiger partial charge in [-0.25, -0.2) is 0 Å². The van der Waals surface area contributed by atoms with Crippen molar-refractivity contribution in [2.24, 2.45) is 5.92 Å². The van der Waals surface area contributed by atoms with E-state index in [1.165, 1.54) is 0 Å². The van der Waals surface area contributed by atoms with Crippen LogP contribution < -0.4 is 4.74 Å². The standard InChI is InChI=1S/C14H27N3O2/c1-7-11(2)14(3,18)13-12(19-6)10-15-17(13)9-8-16(4)5/h10-11,18H,7-9H2,1-6H3. The van der Waals surface area contributed by atoms with Crippen LogP contribution in [0.1, 0.15) is 32.9 Å². The number of likely N-dealkylation sites (N-methyl/N-ethyl adjacent to an activating group) is 1. The first-order valence-corrected chi connectivity index (χ1v) is 6.81. The Labute approximate surface area is 116 Å². The lowest BCUT2D eigenvalue weighted by atomic mass is 9.85. The molecule has 1 rings (SSSR count). The Morgan fingerprint density at radius 2 is 2.16 bits per heavy atom. The highest BCUT2D eigenvalue weighted by molar-refractivity contribution is 5.31. The van der Waals surface area contributed by atoms with Gasteiger partial charge in [0.05, 0.1) is 19.9 Å². The van der Waals surface area contributed by atoms with Crippen molar-refractivity contribution in [2.45, 2.75) is 39.3 Å². The van der Waals surface area contributed by atoms with Gasteiger partial charge in [-0.15, -0.1) is 0 Å². The van der Waals surface area contributed by atoms with Gasteiger partial charge in [0.25, 0.3) is 0 Å². The molecule has 1 heterocycles. The van der Waals surface area contributed by atoms with E-state index in [1.54, 1.807) is 13.3 Å². The lowest BCUT2D eigenvalue weighted by molar-refractivity contribution is -0.0105. The topological polar surface area (TPSA) is 50.5 Å². The van der Waals surface area contributed by atoms with Crippen LogP contribution in [0, 0.1) is 5.92 Å². The van der Waals surface area contributed by atoms with Crippen molar-refractivity contribution in [3.8, 4) is 5.75 Å². The number of nitrogens with zero attached hydrogens (tertiary/aromatic N) is 3. The normalized spacial score (nSPS) is 16.4. The Kier molecular flexibility index (Phi) is 5.38. The maximum Gasteiger partial charge on any atom is 0.162 e. The summed E-state index contributed by atoms with van der Waals surface area (Å²) in [6, 6.07) is 0. The minimum Gasteiger partial charge on any atom is -0.493 e. The van der Waals surface area contributed by atoms with Gasteiger partial charge in [-0.2, -0.15) is 5.10 Å². The maximum atomic E-state index is 10.8. The highest BCUT2D eigenvalue weighted by Crippen LogP contribution is 2.36. The summed E-state index contributed by atoms with van der Waals surface area (Å²) in [6.45, 7) is 7.56. The highest BCUT2D eigenvalue weighted by Gasteiger charge is 2.36. The predicted octanol–water partition coefficient (Wildman–Crippen LogP) is 1.71. The van der Waals surface area contributed by atoms with E-state index in [-0.39, 0.29) is 5.92 Å². The number of aliphatic hydroxyl groups is 1. The molecule has 0 aliphatic rings. The SMILES string of the molecule is CCC(C)C(C)(O)c1c(OC)cnn1CCN(C)C. The van der Waals surface area contributed by atoms with Crippen LogP contribution in [0.2, 0.25) is 0 Å². The van der Waals surface area contributed by atoms with Crippen molar-refractivity contribution >= 4 is 0 Å². The van der Waals surface area contributed by atoms with Crippen LogP contribution >= 0.6 is 0 Å². The molecule has 1 aromatic heterocycles. The summed E-state index contributed by atoms with van der Waals surface area (Å²) >= 11 is 0. The van der Waals surface area contributed by atoms with Crippen molar-refractivity contribution in [3.63, 3.8) is 0 Å². The average Bonchev–Trinajstić information content (AvgIpc) is 2.78. The second-order valence-corrected chi connectivity index (χ2v) is 5.54. The van der Waals surface area contributed by atoms with Crippen LogP contribution in [-0.2, 0) is 12.1 Å². The number of methoxy groups -OCH3 is 1. The van der Waals surface area contributed by atoms with Gasteiger partial charge in [0, 0.05) is 6.54 Å². The zero-order valence-electron chi connectivity index (χ0n) is 13.0. The van der Waals surface area contributed by atoms with Gasteiger partial charge >= 0.3 is 0 Å². The van der Waals surface area contributed by atoms with E-state index in [2.05, 4.69) is 16.9 Å². The zero-order chi connectivity index (χ0) is 14.6. The van der Waals surface area contributed by atoms with Gasteiger partial charge in [-0.05, 0) is 26.9 Å². The molecule has 0 aromatic carbocycles. The number of hydrogen-bond acceptors (Lipinski definition) is 4. The molecule has 0 bridgehead atoms. The van der Waals surface area contributed by atoms with Crippen LogP contribution in [-0.4, -0.2) is 47.5 Å². The van der Waals surface area contributed by atoms with E-state index >= 15 is 0 Å². The van der Waals surface area contributed by atoms with Crippen LogP contribution in [0.25, 0.3) is 0 Å². The lowest BCUT2D eigenvalue weighted by Gasteiger charge is -2.31. The average molecular weight is 269 g/mol. The zero-order valence-corrected chi connectivity index (χ0v) is 13.0. The van der Waals surface area contributed by atoms with Crippen LogP contribution in [0.15, 0.2) is 6.20 Å². The van der Waals surface area contributed by atoms with E-state index < -0.39 is 5.60 Å². The maximum absolute atomic E-state index is 10.8. The Morgan fingerprint density at radius 1 is 1.53 bits per heavy atom. The Morgan fingerprint density at radius 3 is 2.63 bits per heavy atom. The molecular formula is C14H27N3O2. The monoisotopic (exact) mass is 269 g/mol. The quantitative estimate of drug-likeness (QED) is 0.818. The molecule has 2 atom stereocenters. The van der Waals surface area contributed by atoms with E-state index in [1.807, 2.05) is 32.6 Å². The first kappa shape index (κ1) is 16.0. The Bertz CT molecular complexity index is 399. The van der Waals surface area contributed by atoms with Gasteiger partial charge < -0.3 is 14.7 Å². The minimum atomic E-state index is -0.942. The number of ether oxygens (including phenoxy) is 1. The minimum absolute atomic E-state index is 0.135. The molecule has 0 aliphatic carbocycles. The summed E-state index contributed by atoms with van der Waals surface area (Å²) in [5, 5.41) is 15.2. The first-order valence-electron chi connectivity index (χ1n) is 6.81. The molecule has 0 spiro atoms. The number of hydrogen-bond donors (Lipinski definition) is 1. The summed E-state index contributed by atoms with van der Waals surface area (Å²) in [6.07, 6.45) is 2.58. The van der Waals surface area contributed by atoms with E-state index in [4.69, 9.17) is 4.74 Å². The van der Waals surface area contributed by atoms with Gasteiger partial charge in [0.2, 0.25) is 0 Å². The van der Waals surface area contributed by atoms with E-state index in [9.17, 15) is 5.11 Å². The fourth-order valence-corrected chi connectivity index (χ4v) is 2.12. The van der Waals surface area contributed by atoms with Crippen molar-refractivity contribution in [1.29, 1.82) is 0 Å². The molecular weight excluding hydrogens is 242 g/mol. The Balaban J connectivity index is 3.11. The van der Waals surface area contributed by atoms with Crippen molar-refractivity contribution in [1.82, 2.24) is 14.7 Å². The largest absolute Gasteiger partial charge is 0.493 e. The van der Waals surface area contributed by atoms with Crippen LogP contribution in [0.3, 0.4) is 0 Å². The molecule has 1 N–H and O–H groups in total. The van der Waals surface area contributed by atoms with Crippen LogP contribution in [0.5, 0.6) is 5.75 Å². The third kappa shape index (κ3) is 3.48. The molecule has 0 fully saturated rings. The van der Waals surface area contributed by atoms with Gasteiger partial charge in [-0.1, -0.05) is 20.3 Å². The Hall–Kier alpha value is -1.07. The van der Waals surface area contributed by atoms with Gasteiger partial charge in [0.1, 0.15) is 11.3 Å². The van der Waals surface area contributed by atoms with E-state index in [0.717, 1.165) is 25.2 Å². The fraction of sp³-hybridized carbons (Fsp3) is 0.786. The molecule has 0 amide bonds. The number of rotatable bonds is 7. The number of aromatic nitrogens is 2. The van der Waals surface area contributed by atoms with Crippen molar-refractivity contribution in [3.05, 3.63) is 11.9 Å². The van der Waals surface area contributed by atoms with E-state index in [0.29, 0.717) is 5.75 Å². The summed E-state index contributed by atoms with van der Waals surface area (Å²) in [7, 11) is 5.66. The molecule has 0 saturated heterocycles. The van der Waals surface area contributed by atoms with Gasteiger partial charge in [0.15, 0.2) is 5.75 Å². The molecule has 0 aliphatic heterocycles. The molecule has 5 nitrogen and oxygen atoms in total. The highest BCUT2D eigenvalue weighted by atomic mass is 16.5. The molecule has 2 unspecified atom stereocenters. The summed E-state index contributed by atoms with van der Waals surface area (Å²) in [5.41, 5.74) is -0.172. The summed E-state index contributed by atoms with van der Waals surface area (Å²) in [5.74, 6) is 0.792. The molecule has 0 saturated carbocycles. The molecule has 19 heavy (non-hydrogen) atoms. The summed E-state index contributed by atoms with van der Waals surface area (Å²) < 4.78 is 7.21. The molecule has 0 radical (unpaired) electrons. The van der Waals surface area contributed by atoms with Crippen LogP contribution in [0.4, 0.5) is 0 Å². The smallest absolute Gasteiger partial charge is 0.162 e. The van der Waals surface area contributed by atoms with Crippen molar-refractivity contribution in [2.75, 3.05) is 27.7 Å². The molecule has 1 aromatic rings. The lowest BCUT2D eigenvalue weighted by Crippen LogP contribution is -2.34. The molecule has 5 heteroatoms. The third-order valence-electron chi connectivity index (χ3n) is 3.84. The second kappa shape index (κ2) is 6.39. The van der Waals surface area contributed by atoms with Gasteiger partial charge in [-0.3, -0.25) is 4.68 Å². The fourth-order valence-electron chi connectivity index (χ4n) is 2.12. The molecule has 110 valence electrons. The second-order valence-electron chi connectivity index (χ2n) is 5.54. The third-order valence-corrected chi connectivity index (χ3v) is 3.84. The first-order chi connectivity index (χ1) is 8.84. The predicted molar refractivity (Wildman–Crippen MR) is 76.4 cm³/mol. The van der Waals surface area contributed by atoms with Crippen molar-refractivity contribution < 1.29 is 9.84 Å². The summed E-state index contributed by atoms with van der Waals surface area (Å²) in [4.78, 5) is 2.09.